The van der Waals surface area contributed by atoms with E-state index in [0.29, 0.717) is 12.6 Å². The summed E-state index contributed by atoms with van der Waals surface area (Å²) in [7, 11) is 1.67. The second-order valence-corrected chi connectivity index (χ2v) is 8.38. The lowest BCUT2D eigenvalue weighted by atomic mass is 10.1. The van der Waals surface area contributed by atoms with E-state index in [1.165, 1.54) is 11.1 Å². The number of rotatable bonds is 10. The lowest BCUT2D eigenvalue weighted by Gasteiger charge is -2.31. The number of benzene rings is 3. The van der Waals surface area contributed by atoms with E-state index in [9.17, 15) is 0 Å². The summed E-state index contributed by atoms with van der Waals surface area (Å²) in [5, 5.41) is 0. The summed E-state index contributed by atoms with van der Waals surface area (Å²) in [6, 6.07) is 29.3. The van der Waals surface area contributed by atoms with Crippen LogP contribution in [0.1, 0.15) is 24.1 Å². The fraction of sp³-hybridized carbons (Fsp3) is 0.280. The van der Waals surface area contributed by atoms with E-state index < -0.39 is 0 Å². The third-order valence-corrected chi connectivity index (χ3v) is 5.53. The van der Waals surface area contributed by atoms with Crippen LogP contribution in [0.5, 0.6) is 11.5 Å². The number of ether oxygens (including phenoxy) is 2. The molecule has 29 heavy (non-hydrogen) atoms. The number of methoxy groups -OCH3 is 1. The van der Waals surface area contributed by atoms with Crippen LogP contribution in [0, 0.1) is 0 Å². The molecule has 3 aromatic carbocycles. The van der Waals surface area contributed by atoms with Gasteiger partial charge in [-0.05, 0) is 42.3 Å². The minimum atomic E-state index is 0.208. The summed E-state index contributed by atoms with van der Waals surface area (Å²) in [4.78, 5) is 2.70. The maximum atomic E-state index is 5.97. The SMILES string of the molecule is COc1ccc(OC[C@H](Br)CN(Cc2ccccc2)[C@H](C)c2ccccc2)cc1. The highest BCUT2D eigenvalue weighted by Crippen LogP contribution is 2.24. The Morgan fingerprint density at radius 2 is 1.41 bits per heavy atom. The lowest BCUT2D eigenvalue weighted by molar-refractivity contribution is 0.187. The third kappa shape index (κ3) is 6.62. The molecular formula is C25H28BrNO2. The molecule has 0 radical (unpaired) electrons. The molecule has 0 aromatic heterocycles. The van der Waals surface area contributed by atoms with E-state index in [1.807, 2.05) is 24.3 Å². The molecule has 0 aliphatic carbocycles. The average molecular weight is 454 g/mol. The van der Waals surface area contributed by atoms with Crippen molar-refractivity contribution < 1.29 is 9.47 Å². The highest BCUT2D eigenvalue weighted by molar-refractivity contribution is 9.09. The molecule has 0 amide bonds. The molecule has 0 N–H and O–H groups in total. The van der Waals surface area contributed by atoms with Crippen LogP contribution in [-0.4, -0.2) is 30.0 Å². The van der Waals surface area contributed by atoms with Crippen molar-refractivity contribution in [2.75, 3.05) is 20.3 Å². The van der Waals surface area contributed by atoms with Gasteiger partial charge in [-0.2, -0.15) is 0 Å². The van der Waals surface area contributed by atoms with Crippen LogP contribution in [-0.2, 0) is 6.54 Å². The van der Waals surface area contributed by atoms with Gasteiger partial charge in [0.15, 0.2) is 0 Å². The van der Waals surface area contributed by atoms with Crippen LogP contribution in [0.25, 0.3) is 0 Å². The summed E-state index contributed by atoms with van der Waals surface area (Å²) in [5.74, 6) is 1.68. The maximum absolute atomic E-state index is 5.97. The van der Waals surface area contributed by atoms with Gasteiger partial charge in [0.25, 0.3) is 0 Å². The number of hydrogen-bond donors (Lipinski definition) is 0. The molecule has 0 aliphatic rings. The van der Waals surface area contributed by atoms with Gasteiger partial charge in [-0.25, -0.2) is 0 Å². The zero-order valence-corrected chi connectivity index (χ0v) is 18.6. The van der Waals surface area contributed by atoms with Gasteiger partial charge in [-0.1, -0.05) is 76.6 Å². The first-order chi connectivity index (χ1) is 14.2. The van der Waals surface area contributed by atoms with Crippen molar-refractivity contribution in [1.29, 1.82) is 0 Å². The zero-order chi connectivity index (χ0) is 20.5. The van der Waals surface area contributed by atoms with Crippen molar-refractivity contribution in [2.45, 2.75) is 24.3 Å². The molecule has 3 rings (SSSR count). The number of hydrogen-bond acceptors (Lipinski definition) is 3. The molecule has 0 bridgehead atoms. The molecule has 152 valence electrons. The molecule has 0 spiro atoms. The minimum Gasteiger partial charge on any atom is -0.497 e. The fourth-order valence-corrected chi connectivity index (χ4v) is 3.79. The maximum Gasteiger partial charge on any atom is 0.119 e. The van der Waals surface area contributed by atoms with E-state index in [-0.39, 0.29) is 4.83 Å². The summed E-state index contributed by atoms with van der Waals surface area (Å²) in [6.07, 6.45) is 0. The van der Waals surface area contributed by atoms with Crippen LogP contribution >= 0.6 is 15.9 Å². The number of alkyl halides is 1. The Kier molecular flexibility index (Phi) is 8.14. The van der Waals surface area contributed by atoms with Crippen LogP contribution in [0.4, 0.5) is 0 Å². The largest absolute Gasteiger partial charge is 0.497 e. The molecular weight excluding hydrogens is 426 g/mol. The second kappa shape index (κ2) is 11.0. The normalized spacial score (nSPS) is 13.1. The zero-order valence-electron chi connectivity index (χ0n) is 17.0. The van der Waals surface area contributed by atoms with Gasteiger partial charge in [-0.15, -0.1) is 0 Å². The monoisotopic (exact) mass is 453 g/mol. The molecule has 0 saturated carbocycles. The standard InChI is InChI=1S/C25H28BrNO2/c1-20(22-11-7-4-8-12-22)27(17-21-9-5-3-6-10-21)18-23(26)19-29-25-15-13-24(28-2)14-16-25/h3-16,20,23H,17-19H2,1-2H3/t20-,23-/m1/s1. The first-order valence-electron chi connectivity index (χ1n) is 9.89. The van der Waals surface area contributed by atoms with Crippen molar-refractivity contribution in [2.24, 2.45) is 0 Å². The Hall–Kier alpha value is -2.30. The van der Waals surface area contributed by atoms with Crippen molar-refractivity contribution in [3.63, 3.8) is 0 Å². The quantitative estimate of drug-likeness (QED) is 0.346. The van der Waals surface area contributed by atoms with E-state index in [0.717, 1.165) is 24.6 Å². The Morgan fingerprint density at radius 1 is 0.828 bits per heavy atom. The average Bonchev–Trinajstić information content (AvgIpc) is 2.78. The predicted octanol–water partition coefficient (Wildman–Crippen LogP) is 6.10. The first-order valence-corrected chi connectivity index (χ1v) is 10.8. The van der Waals surface area contributed by atoms with Crippen LogP contribution in [0.3, 0.4) is 0 Å². The van der Waals surface area contributed by atoms with Crippen LogP contribution < -0.4 is 9.47 Å². The molecule has 4 heteroatoms. The molecule has 0 aliphatic heterocycles. The summed E-state index contributed by atoms with van der Waals surface area (Å²) < 4.78 is 11.2. The van der Waals surface area contributed by atoms with E-state index in [4.69, 9.17) is 9.47 Å². The highest BCUT2D eigenvalue weighted by atomic mass is 79.9. The van der Waals surface area contributed by atoms with Gasteiger partial charge < -0.3 is 9.47 Å². The highest BCUT2D eigenvalue weighted by Gasteiger charge is 2.20. The van der Waals surface area contributed by atoms with Gasteiger partial charge in [0.1, 0.15) is 18.1 Å². The van der Waals surface area contributed by atoms with Crippen molar-refractivity contribution in [3.8, 4) is 11.5 Å². The van der Waals surface area contributed by atoms with Crippen molar-refractivity contribution in [1.82, 2.24) is 4.90 Å². The summed E-state index contributed by atoms with van der Waals surface area (Å²) >= 11 is 3.83. The molecule has 3 nitrogen and oxygen atoms in total. The van der Waals surface area contributed by atoms with E-state index in [1.54, 1.807) is 7.11 Å². The van der Waals surface area contributed by atoms with Crippen molar-refractivity contribution in [3.05, 3.63) is 96.1 Å². The number of nitrogens with zero attached hydrogens (tertiary/aromatic N) is 1. The molecule has 0 heterocycles. The minimum absolute atomic E-state index is 0.208. The van der Waals surface area contributed by atoms with Crippen LogP contribution in [0.15, 0.2) is 84.9 Å². The first kappa shape index (κ1) is 21.4. The Balaban J connectivity index is 1.64. The van der Waals surface area contributed by atoms with E-state index in [2.05, 4.69) is 88.4 Å². The Bertz CT molecular complexity index is 840. The topological polar surface area (TPSA) is 21.7 Å². The van der Waals surface area contributed by atoms with E-state index >= 15 is 0 Å². The summed E-state index contributed by atoms with van der Waals surface area (Å²) in [6.45, 7) is 4.63. The molecule has 0 fully saturated rings. The molecule has 2 atom stereocenters. The fourth-order valence-electron chi connectivity index (χ4n) is 3.29. The van der Waals surface area contributed by atoms with Gasteiger partial charge in [0.05, 0.1) is 11.9 Å². The molecule has 0 unspecified atom stereocenters. The Labute approximate surface area is 182 Å². The van der Waals surface area contributed by atoms with Gasteiger partial charge in [0.2, 0.25) is 0 Å². The smallest absolute Gasteiger partial charge is 0.119 e. The Morgan fingerprint density at radius 3 is 2.03 bits per heavy atom. The van der Waals surface area contributed by atoms with Gasteiger partial charge >= 0.3 is 0 Å². The van der Waals surface area contributed by atoms with Gasteiger partial charge in [0, 0.05) is 19.1 Å². The molecule has 3 aromatic rings. The van der Waals surface area contributed by atoms with Crippen molar-refractivity contribution >= 4 is 15.9 Å². The molecule has 0 saturated heterocycles. The lowest BCUT2D eigenvalue weighted by Crippen LogP contribution is -2.34. The van der Waals surface area contributed by atoms with Gasteiger partial charge in [-0.3, -0.25) is 4.90 Å². The number of halogens is 1. The second-order valence-electron chi connectivity index (χ2n) is 7.09. The third-order valence-electron chi connectivity index (χ3n) is 4.98. The predicted molar refractivity (Wildman–Crippen MR) is 123 cm³/mol. The van der Waals surface area contributed by atoms with Crippen LogP contribution in [0.2, 0.25) is 0 Å². The summed E-state index contributed by atoms with van der Waals surface area (Å²) in [5.41, 5.74) is 2.63.